The van der Waals surface area contributed by atoms with Crippen molar-refractivity contribution in [2.45, 2.75) is 31.7 Å². The Hall–Kier alpha value is -1.54. The minimum Gasteiger partial charge on any atom is -0.211 e. The van der Waals surface area contributed by atoms with Crippen LogP contribution in [0.25, 0.3) is 0 Å². The number of rotatable bonds is 3. The Morgan fingerprint density at radius 1 is 1.44 bits per heavy atom. The monoisotopic (exact) mass is 223 g/mol. The summed E-state index contributed by atoms with van der Waals surface area (Å²) in [7, 11) is 0. The highest BCUT2D eigenvalue weighted by atomic mass is 19.3. The van der Waals surface area contributed by atoms with Crippen LogP contribution in [0.3, 0.4) is 0 Å². The van der Waals surface area contributed by atoms with Crippen molar-refractivity contribution in [3.8, 4) is 0 Å². The highest BCUT2D eigenvalue weighted by Gasteiger charge is 2.47. The second-order valence-electron chi connectivity index (χ2n) is 4.13. The van der Waals surface area contributed by atoms with Gasteiger partial charge in [-0.3, -0.25) is 0 Å². The van der Waals surface area contributed by atoms with Crippen LogP contribution in [0.5, 0.6) is 0 Å². The summed E-state index contributed by atoms with van der Waals surface area (Å²) >= 11 is 0. The van der Waals surface area contributed by atoms with Gasteiger partial charge in [0.05, 0.1) is 5.54 Å². The topological polar surface area (TPSA) is 29.4 Å². The minimum absolute atomic E-state index is 0.0258. The van der Waals surface area contributed by atoms with Crippen LogP contribution in [-0.2, 0) is 10.3 Å². The first kappa shape index (κ1) is 11.0. The Bertz CT molecular complexity index is 460. The molecule has 0 amide bonds. The van der Waals surface area contributed by atoms with Crippen molar-refractivity contribution < 1.29 is 13.6 Å². The van der Waals surface area contributed by atoms with Gasteiger partial charge in [0.15, 0.2) is 0 Å². The van der Waals surface area contributed by atoms with Gasteiger partial charge in [-0.1, -0.05) is 23.8 Å². The van der Waals surface area contributed by atoms with Crippen LogP contribution in [0.2, 0.25) is 0 Å². The van der Waals surface area contributed by atoms with E-state index in [9.17, 15) is 13.6 Å². The molecule has 0 bridgehead atoms. The number of hydrogen-bond donors (Lipinski definition) is 0. The smallest absolute Gasteiger partial charge is 0.211 e. The first-order valence-electron chi connectivity index (χ1n) is 5.07. The molecule has 1 aliphatic carbocycles. The lowest BCUT2D eigenvalue weighted by atomic mass is 9.97. The minimum atomic E-state index is -2.53. The maximum Gasteiger partial charge on any atom is 0.264 e. The molecule has 0 aromatic heterocycles. The molecule has 0 spiro atoms. The Kier molecular flexibility index (Phi) is 2.60. The van der Waals surface area contributed by atoms with Gasteiger partial charge in [-0.15, -0.1) is 0 Å². The molecule has 1 saturated carbocycles. The van der Waals surface area contributed by atoms with Crippen molar-refractivity contribution in [3.05, 3.63) is 34.9 Å². The highest BCUT2D eigenvalue weighted by molar-refractivity contribution is 5.46. The van der Waals surface area contributed by atoms with E-state index >= 15 is 0 Å². The zero-order valence-electron chi connectivity index (χ0n) is 8.84. The number of benzene rings is 1. The summed E-state index contributed by atoms with van der Waals surface area (Å²) in [6.45, 7) is 1.83. The lowest BCUT2D eigenvalue weighted by Gasteiger charge is -2.14. The lowest BCUT2D eigenvalue weighted by Crippen LogP contribution is -2.07. The molecule has 0 radical (unpaired) electrons. The average Bonchev–Trinajstić information content (AvgIpc) is 2.99. The molecule has 0 unspecified atom stereocenters. The van der Waals surface area contributed by atoms with E-state index in [-0.39, 0.29) is 5.56 Å². The van der Waals surface area contributed by atoms with Crippen molar-refractivity contribution in [3.63, 3.8) is 0 Å². The molecular formula is C12H11F2NO. The fraction of sp³-hybridized carbons (Fsp3) is 0.417. The third-order valence-corrected chi connectivity index (χ3v) is 2.93. The molecule has 0 saturated heterocycles. The standard InChI is InChI=1S/C12H11F2NO/c1-8-2-3-9(11(13)14)10(6-8)12(4-5-12)15-7-16/h2-3,6,11H,4-5H2,1H3. The Balaban J connectivity index is 2.54. The van der Waals surface area contributed by atoms with Crippen LogP contribution in [0.1, 0.15) is 36.0 Å². The Morgan fingerprint density at radius 3 is 2.62 bits per heavy atom. The largest absolute Gasteiger partial charge is 0.264 e. The van der Waals surface area contributed by atoms with Gasteiger partial charge in [-0.25, -0.2) is 13.6 Å². The number of halogens is 2. The van der Waals surface area contributed by atoms with E-state index < -0.39 is 12.0 Å². The molecule has 16 heavy (non-hydrogen) atoms. The normalized spacial score (nSPS) is 17.0. The molecule has 1 aliphatic rings. The number of alkyl halides is 2. The maximum absolute atomic E-state index is 12.8. The third kappa shape index (κ3) is 1.76. The summed E-state index contributed by atoms with van der Waals surface area (Å²) in [6, 6.07) is 4.75. The second kappa shape index (κ2) is 3.80. The van der Waals surface area contributed by atoms with Gasteiger partial charge in [0, 0.05) is 5.56 Å². The second-order valence-corrected chi connectivity index (χ2v) is 4.13. The molecule has 1 aromatic rings. The van der Waals surface area contributed by atoms with Crippen molar-refractivity contribution in [1.29, 1.82) is 0 Å². The molecule has 0 N–H and O–H groups in total. The van der Waals surface area contributed by atoms with Crippen molar-refractivity contribution >= 4 is 6.08 Å². The number of hydrogen-bond acceptors (Lipinski definition) is 2. The van der Waals surface area contributed by atoms with Gasteiger partial charge in [-0.05, 0) is 25.3 Å². The van der Waals surface area contributed by atoms with E-state index in [0.29, 0.717) is 18.4 Å². The van der Waals surface area contributed by atoms with Gasteiger partial charge in [0.25, 0.3) is 6.43 Å². The number of isocyanates is 1. The predicted octanol–water partition coefficient (Wildman–Crippen LogP) is 3.26. The van der Waals surface area contributed by atoms with E-state index in [0.717, 1.165) is 5.56 Å². The molecule has 84 valence electrons. The molecule has 0 aliphatic heterocycles. The molecule has 1 aromatic carbocycles. The Morgan fingerprint density at radius 2 is 2.12 bits per heavy atom. The average molecular weight is 223 g/mol. The first-order valence-corrected chi connectivity index (χ1v) is 5.07. The lowest BCUT2D eigenvalue weighted by molar-refractivity contribution is 0.149. The highest BCUT2D eigenvalue weighted by Crippen LogP contribution is 2.51. The van der Waals surface area contributed by atoms with Crippen LogP contribution in [0, 0.1) is 6.92 Å². The molecule has 1 fully saturated rings. The van der Waals surface area contributed by atoms with Crippen LogP contribution in [-0.4, -0.2) is 6.08 Å². The van der Waals surface area contributed by atoms with Crippen LogP contribution in [0.15, 0.2) is 23.2 Å². The SMILES string of the molecule is Cc1ccc(C(F)F)c(C2(N=C=O)CC2)c1. The summed E-state index contributed by atoms with van der Waals surface area (Å²) in [4.78, 5) is 14.0. The fourth-order valence-corrected chi connectivity index (χ4v) is 1.91. The van der Waals surface area contributed by atoms with E-state index in [2.05, 4.69) is 4.99 Å². The van der Waals surface area contributed by atoms with E-state index in [4.69, 9.17) is 0 Å². The van der Waals surface area contributed by atoms with Gasteiger partial charge in [0.1, 0.15) is 0 Å². The maximum atomic E-state index is 12.8. The zero-order chi connectivity index (χ0) is 11.8. The van der Waals surface area contributed by atoms with E-state index in [1.165, 1.54) is 12.1 Å². The molecule has 2 rings (SSSR count). The predicted molar refractivity (Wildman–Crippen MR) is 55.2 cm³/mol. The third-order valence-electron chi connectivity index (χ3n) is 2.93. The summed E-state index contributed by atoms with van der Waals surface area (Å²) in [6.07, 6.45) is 0.241. The summed E-state index contributed by atoms with van der Waals surface area (Å²) < 4.78 is 25.6. The number of aliphatic imine (C=N–C) groups is 1. The summed E-state index contributed by atoms with van der Waals surface area (Å²) in [5.74, 6) is 0. The fourth-order valence-electron chi connectivity index (χ4n) is 1.91. The van der Waals surface area contributed by atoms with Gasteiger partial charge in [-0.2, -0.15) is 4.99 Å². The summed E-state index contributed by atoms with van der Waals surface area (Å²) in [5.41, 5.74) is 0.624. The molecule has 0 heterocycles. The molecule has 4 heteroatoms. The van der Waals surface area contributed by atoms with Crippen LogP contribution >= 0.6 is 0 Å². The van der Waals surface area contributed by atoms with Crippen molar-refractivity contribution in [2.24, 2.45) is 4.99 Å². The van der Waals surface area contributed by atoms with Gasteiger partial charge in [0.2, 0.25) is 6.08 Å². The number of carbonyl (C=O) groups excluding carboxylic acids is 1. The van der Waals surface area contributed by atoms with Gasteiger partial charge >= 0.3 is 0 Å². The van der Waals surface area contributed by atoms with Gasteiger partial charge < -0.3 is 0 Å². The number of aryl methyl sites for hydroxylation is 1. The van der Waals surface area contributed by atoms with E-state index in [1.54, 1.807) is 12.1 Å². The van der Waals surface area contributed by atoms with Crippen molar-refractivity contribution in [1.82, 2.24) is 0 Å². The quantitative estimate of drug-likeness (QED) is 0.571. The van der Waals surface area contributed by atoms with E-state index in [1.807, 2.05) is 6.92 Å². The van der Waals surface area contributed by atoms with Crippen LogP contribution in [0.4, 0.5) is 8.78 Å². The molecule has 0 atom stereocenters. The molecular weight excluding hydrogens is 212 g/mol. The number of nitrogens with zero attached hydrogens (tertiary/aromatic N) is 1. The Labute approximate surface area is 92.0 Å². The zero-order valence-corrected chi connectivity index (χ0v) is 8.84. The molecule has 2 nitrogen and oxygen atoms in total. The van der Waals surface area contributed by atoms with Crippen molar-refractivity contribution in [2.75, 3.05) is 0 Å². The summed E-state index contributed by atoms with van der Waals surface area (Å²) in [5, 5.41) is 0. The first-order chi connectivity index (χ1) is 7.59. The van der Waals surface area contributed by atoms with Crippen LogP contribution < -0.4 is 0 Å².